The first-order valence-corrected chi connectivity index (χ1v) is 11.5. The van der Waals surface area contributed by atoms with Crippen molar-refractivity contribution >= 4 is 33.8 Å². The maximum atomic E-state index is 6.78. The molecule has 2 aliphatic heterocycles. The molecule has 0 radical (unpaired) electrons. The smallest absolute Gasteiger partial charge is 0.189 e. The molecule has 0 bridgehead atoms. The number of likely N-dealkylation sites (tertiary alicyclic amines) is 1. The molecular weight excluding hydrogens is 378 g/mol. The summed E-state index contributed by atoms with van der Waals surface area (Å²) in [7, 11) is 0. The van der Waals surface area contributed by atoms with Crippen LogP contribution < -0.4 is 10.2 Å². The lowest BCUT2D eigenvalue weighted by atomic mass is 9.78. The molecule has 1 spiro atoms. The third kappa shape index (κ3) is 3.73. The zero-order chi connectivity index (χ0) is 19.7. The van der Waals surface area contributed by atoms with Crippen molar-refractivity contribution in [2.75, 3.05) is 13.1 Å². The van der Waals surface area contributed by atoms with Gasteiger partial charge < -0.3 is 9.64 Å². The first-order valence-electron chi connectivity index (χ1n) is 11.1. The summed E-state index contributed by atoms with van der Waals surface area (Å²) >= 11 is 5.64. The molecule has 29 heavy (non-hydrogen) atoms. The number of hydrogen-bond acceptors (Lipinski definition) is 3. The molecule has 2 fully saturated rings. The Morgan fingerprint density at radius 1 is 0.966 bits per heavy atom. The topological polar surface area (TPSA) is 36.9 Å². The van der Waals surface area contributed by atoms with Crippen molar-refractivity contribution in [3.63, 3.8) is 0 Å². The van der Waals surface area contributed by atoms with Crippen molar-refractivity contribution in [1.29, 1.82) is 0 Å². The summed E-state index contributed by atoms with van der Waals surface area (Å²) in [6, 6.07) is 12.8. The Morgan fingerprint density at radius 2 is 1.72 bits per heavy atom. The van der Waals surface area contributed by atoms with Crippen LogP contribution in [-0.2, 0) is 0 Å². The highest BCUT2D eigenvalue weighted by molar-refractivity contribution is 7.80. The van der Waals surface area contributed by atoms with Crippen molar-refractivity contribution in [3.8, 4) is 5.75 Å². The molecule has 0 aromatic heterocycles. The van der Waals surface area contributed by atoms with E-state index in [0.717, 1.165) is 54.5 Å². The fraction of sp³-hybridized carbons (Fsp3) is 0.500. The Morgan fingerprint density at radius 3 is 2.55 bits per heavy atom. The second-order valence-corrected chi connectivity index (χ2v) is 9.10. The van der Waals surface area contributed by atoms with Crippen LogP contribution in [0.1, 0.15) is 63.4 Å². The highest BCUT2D eigenvalue weighted by Crippen LogP contribution is 2.44. The van der Waals surface area contributed by atoms with Crippen LogP contribution >= 0.6 is 12.2 Å². The lowest BCUT2D eigenvalue weighted by Gasteiger charge is -2.42. The van der Waals surface area contributed by atoms with Gasteiger partial charge >= 0.3 is 0 Å². The number of benzene rings is 2. The highest BCUT2D eigenvalue weighted by atomic mass is 32.1. The van der Waals surface area contributed by atoms with Gasteiger partial charge in [-0.25, -0.2) is 0 Å². The Balaban J connectivity index is 1.50. The lowest BCUT2D eigenvalue weighted by molar-refractivity contribution is 0.0336. The summed E-state index contributed by atoms with van der Waals surface area (Å²) < 4.78 is 6.78. The molecule has 1 saturated heterocycles. The van der Waals surface area contributed by atoms with Gasteiger partial charge in [0.15, 0.2) is 5.11 Å². The SMILES string of the molecule is S=C(N/N=C1\CC2(CCCCC2)Oc2c1ccc1ccccc21)N1CCCCC1. The van der Waals surface area contributed by atoms with Crippen LogP contribution in [0.25, 0.3) is 10.8 Å². The van der Waals surface area contributed by atoms with Gasteiger partial charge in [0.25, 0.3) is 0 Å². The number of hydrogen-bond donors (Lipinski definition) is 1. The van der Waals surface area contributed by atoms with Crippen LogP contribution in [0.5, 0.6) is 5.75 Å². The molecule has 3 aliphatic rings. The molecule has 2 heterocycles. The second-order valence-electron chi connectivity index (χ2n) is 8.71. The van der Waals surface area contributed by atoms with E-state index in [-0.39, 0.29) is 5.60 Å². The summed E-state index contributed by atoms with van der Waals surface area (Å²) in [4.78, 5) is 2.25. The van der Waals surface area contributed by atoms with E-state index in [1.54, 1.807) is 0 Å². The number of nitrogens with zero attached hydrogens (tertiary/aromatic N) is 2. The van der Waals surface area contributed by atoms with Gasteiger partial charge in [-0.3, -0.25) is 5.43 Å². The number of piperidine rings is 1. The van der Waals surface area contributed by atoms with Crippen LogP contribution in [0.2, 0.25) is 0 Å². The molecule has 0 unspecified atom stereocenters. The van der Waals surface area contributed by atoms with E-state index in [9.17, 15) is 0 Å². The average Bonchev–Trinajstić information content (AvgIpc) is 2.78. The quantitative estimate of drug-likeness (QED) is 0.508. The number of ether oxygens (including phenoxy) is 1. The number of nitrogens with one attached hydrogen (secondary N) is 1. The molecule has 152 valence electrons. The van der Waals surface area contributed by atoms with Gasteiger partial charge in [0.2, 0.25) is 0 Å². The molecule has 2 aromatic carbocycles. The third-order valence-corrected chi connectivity index (χ3v) is 7.04. The third-order valence-electron chi connectivity index (χ3n) is 6.69. The van der Waals surface area contributed by atoms with E-state index in [2.05, 4.69) is 46.7 Å². The zero-order valence-corrected chi connectivity index (χ0v) is 17.8. The maximum Gasteiger partial charge on any atom is 0.189 e. The van der Waals surface area contributed by atoms with Crippen molar-refractivity contribution in [1.82, 2.24) is 10.3 Å². The van der Waals surface area contributed by atoms with Crippen LogP contribution in [-0.4, -0.2) is 34.4 Å². The van der Waals surface area contributed by atoms with Crippen LogP contribution in [0, 0.1) is 0 Å². The van der Waals surface area contributed by atoms with Crippen molar-refractivity contribution in [3.05, 3.63) is 42.0 Å². The van der Waals surface area contributed by atoms with Gasteiger partial charge in [0.05, 0.1) is 5.71 Å². The maximum absolute atomic E-state index is 6.78. The predicted octanol–water partition coefficient (Wildman–Crippen LogP) is 5.39. The van der Waals surface area contributed by atoms with E-state index in [0.29, 0.717) is 0 Å². The predicted molar refractivity (Wildman–Crippen MR) is 123 cm³/mol. The average molecular weight is 408 g/mol. The Kier molecular flexibility index (Phi) is 5.17. The zero-order valence-electron chi connectivity index (χ0n) is 17.0. The van der Waals surface area contributed by atoms with E-state index in [1.165, 1.54) is 49.3 Å². The first kappa shape index (κ1) is 18.9. The molecule has 2 aromatic rings. The minimum absolute atomic E-state index is 0.122. The molecule has 1 N–H and O–H groups in total. The van der Waals surface area contributed by atoms with Gasteiger partial charge in [-0.1, -0.05) is 36.8 Å². The van der Waals surface area contributed by atoms with Gasteiger partial charge in [0.1, 0.15) is 11.4 Å². The molecule has 5 heteroatoms. The second kappa shape index (κ2) is 7.94. The van der Waals surface area contributed by atoms with E-state index >= 15 is 0 Å². The summed E-state index contributed by atoms with van der Waals surface area (Å²) in [6.07, 6.45) is 10.5. The molecule has 1 saturated carbocycles. The van der Waals surface area contributed by atoms with E-state index in [1.807, 2.05) is 0 Å². The Bertz CT molecular complexity index is 942. The summed E-state index contributed by atoms with van der Waals surface area (Å²) in [5, 5.41) is 8.01. The van der Waals surface area contributed by atoms with E-state index < -0.39 is 0 Å². The fourth-order valence-electron chi connectivity index (χ4n) is 5.09. The van der Waals surface area contributed by atoms with Gasteiger partial charge in [-0.2, -0.15) is 5.10 Å². The lowest BCUT2D eigenvalue weighted by Crippen LogP contribution is -2.45. The summed E-state index contributed by atoms with van der Waals surface area (Å²) in [6.45, 7) is 2.07. The number of rotatable bonds is 1. The Labute approximate surface area is 178 Å². The van der Waals surface area contributed by atoms with Crippen molar-refractivity contribution in [2.45, 2.75) is 63.4 Å². The monoisotopic (exact) mass is 407 g/mol. The minimum Gasteiger partial charge on any atom is -0.486 e. The number of fused-ring (bicyclic) bond motifs is 3. The Hall–Kier alpha value is -2.14. The van der Waals surface area contributed by atoms with E-state index in [4.69, 9.17) is 22.1 Å². The molecule has 0 amide bonds. The summed E-state index contributed by atoms with van der Waals surface area (Å²) in [5.74, 6) is 1.00. The normalized spacial score (nSPS) is 22.3. The molecule has 5 rings (SSSR count). The fourth-order valence-corrected chi connectivity index (χ4v) is 5.32. The number of hydrazone groups is 1. The molecular formula is C24H29N3OS. The number of thiocarbonyl (C=S) groups is 1. The minimum atomic E-state index is -0.122. The van der Waals surface area contributed by atoms with Gasteiger partial charge in [-0.05, 0) is 68.6 Å². The van der Waals surface area contributed by atoms with Gasteiger partial charge in [-0.15, -0.1) is 0 Å². The van der Waals surface area contributed by atoms with Crippen LogP contribution in [0.3, 0.4) is 0 Å². The van der Waals surface area contributed by atoms with Crippen molar-refractivity contribution in [2.24, 2.45) is 5.10 Å². The molecule has 0 atom stereocenters. The molecule has 4 nitrogen and oxygen atoms in total. The highest BCUT2D eigenvalue weighted by Gasteiger charge is 2.41. The molecule has 1 aliphatic carbocycles. The first-order chi connectivity index (χ1) is 14.2. The van der Waals surface area contributed by atoms with Crippen LogP contribution in [0.4, 0.5) is 0 Å². The van der Waals surface area contributed by atoms with Crippen molar-refractivity contribution < 1.29 is 4.74 Å². The summed E-state index contributed by atoms with van der Waals surface area (Å²) in [5.41, 5.74) is 5.29. The van der Waals surface area contributed by atoms with Crippen LogP contribution in [0.15, 0.2) is 41.5 Å². The standard InChI is InChI=1S/C24H29N3OS/c29-23(27-15-7-2-8-16-27)26-25-21-17-24(13-5-1-6-14-24)28-22-19-10-4-3-9-18(19)11-12-20(21)22/h3-4,9-12H,1-2,5-8,13-17H2,(H,26,29)/b25-21+. The largest absolute Gasteiger partial charge is 0.486 e. The van der Waals surface area contributed by atoms with Gasteiger partial charge in [0, 0.05) is 30.5 Å².